The van der Waals surface area contributed by atoms with E-state index in [4.69, 9.17) is 4.74 Å². The molecule has 0 aliphatic heterocycles. The fourth-order valence-electron chi connectivity index (χ4n) is 1.51. The van der Waals surface area contributed by atoms with Crippen molar-refractivity contribution in [2.75, 3.05) is 6.61 Å². The molecule has 0 fully saturated rings. The number of hydrogen-bond donors (Lipinski definition) is 1. The molecule has 3 heteroatoms. The van der Waals surface area contributed by atoms with E-state index < -0.39 is 0 Å². The number of aliphatic hydroxyl groups is 1. The fourth-order valence-corrected chi connectivity index (χ4v) is 1.51. The summed E-state index contributed by atoms with van der Waals surface area (Å²) in [4.78, 5) is 11.2. The van der Waals surface area contributed by atoms with E-state index in [1.165, 1.54) is 0 Å². The third-order valence-corrected chi connectivity index (χ3v) is 2.33. The summed E-state index contributed by atoms with van der Waals surface area (Å²) in [5.74, 6) is 0.0119. The number of esters is 1. The zero-order valence-corrected chi connectivity index (χ0v) is 9.83. The van der Waals surface area contributed by atoms with Crippen LogP contribution < -0.4 is 0 Å². The fraction of sp³-hybridized carbons (Fsp3) is 0.909. The van der Waals surface area contributed by atoms with Crippen LogP contribution in [0, 0.1) is 11.3 Å². The summed E-state index contributed by atoms with van der Waals surface area (Å²) < 4.78 is 5.32. The van der Waals surface area contributed by atoms with Gasteiger partial charge in [-0.05, 0) is 5.92 Å². The smallest absolute Gasteiger partial charge is 0.305 e. The number of aliphatic hydroxyl groups excluding tert-OH is 1. The van der Waals surface area contributed by atoms with Gasteiger partial charge >= 0.3 is 5.97 Å². The van der Waals surface area contributed by atoms with Crippen LogP contribution in [0.3, 0.4) is 0 Å². The van der Waals surface area contributed by atoms with Crippen molar-refractivity contribution in [3.63, 3.8) is 0 Å². The highest BCUT2D eigenvalue weighted by Gasteiger charge is 2.34. The molecule has 84 valence electrons. The van der Waals surface area contributed by atoms with Gasteiger partial charge in [0.05, 0.1) is 6.61 Å². The number of rotatable bonds is 5. The molecule has 0 aromatic heterocycles. The highest BCUT2D eigenvalue weighted by Crippen LogP contribution is 2.28. The highest BCUT2D eigenvalue weighted by molar-refractivity contribution is 5.69. The van der Waals surface area contributed by atoms with Crippen molar-refractivity contribution in [3.05, 3.63) is 0 Å². The largest absolute Gasteiger partial charge is 0.461 e. The maximum atomic E-state index is 11.2. The Labute approximate surface area is 86.5 Å². The Bertz CT molecular complexity index is 185. The maximum absolute atomic E-state index is 11.2. The van der Waals surface area contributed by atoms with Crippen molar-refractivity contribution in [1.82, 2.24) is 0 Å². The lowest BCUT2D eigenvalue weighted by Crippen LogP contribution is -2.40. The monoisotopic (exact) mass is 202 g/mol. The summed E-state index contributed by atoms with van der Waals surface area (Å²) in [6.45, 7) is 9.58. The second-order valence-electron chi connectivity index (χ2n) is 4.65. The summed E-state index contributed by atoms with van der Waals surface area (Å²) in [5.41, 5.74) is -0.376. The Kier molecular flexibility index (Phi) is 5.13. The van der Waals surface area contributed by atoms with Gasteiger partial charge in [-0.1, -0.05) is 34.6 Å². The Morgan fingerprint density at radius 2 is 1.93 bits per heavy atom. The number of carbonyl (C=O) groups excluding carboxylic acids is 1. The van der Waals surface area contributed by atoms with Gasteiger partial charge in [-0.25, -0.2) is 0 Å². The molecule has 0 heterocycles. The van der Waals surface area contributed by atoms with E-state index in [0.29, 0.717) is 6.42 Å². The first kappa shape index (κ1) is 13.4. The lowest BCUT2D eigenvalue weighted by atomic mass is 9.81. The first-order valence-electron chi connectivity index (χ1n) is 5.15. The Hall–Kier alpha value is -0.570. The van der Waals surface area contributed by atoms with E-state index in [2.05, 4.69) is 0 Å². The number of ether oxygens (including phenoxy) is 1. The molecule has 0 aromatic carbocycles. The predicted octanol–water partition coefficient (Wildman–Crippen LogP) is 1.98. The van der Waals surface area contributed by atoms with Gasteiger partial charge in [-0.15, -0.1) is 0 Å². The molecule has 0 aromatic rings. The summed E-state index contributed by atoms with van der Waals surface area (Å²) in [6.07, 6.45) is 0.157. The lowest BCUT2D eigenvalue weighted by Gasteiger charge is -2.34. The van der Waals surface area contributed by atoms with Crippen molar-refractivity contribution in [2.45, 2.75) is 47.1 Å². The van der Waals surface area contributed by atoms with Crippen LogP contribution in [-0.4, -0.2) is 23.8 Å². The molecule has 0 bridgehead atoms. The predicted molar refractivity (Wildman–Crippen MR) is 55.9 cm³/mol. The Morgan fingerprint density at radius 3 is 2.21 bits per heavy atom. The molecule has 0 rings (SSSR count). The van der Waals surface area contributed by atoms with Crippen LogP contribution in [0.25, 0.3) is 0 Å². The third-order valence-electron chi connectivity index (χ3n) is 2.33. The van der Waals surface area contributed by atoms with Crippen molar-refractivity contribution >= 4 is 5.97 Å². The van der Waals surface area contributed by atoms with Crippen LogP contribution in [-0.2, 0) is 9.53 Å². The van der Waals surface area contributed by atoms with E-state index >= 15 is 0 Å². The van der Waals surface area contributed by atoms with Crippen LogP contribution >= 0.6 is 0 Å². The third kappa shape index (κ3) is 3.66. The second kappa shape index (κ2) is 5.35. The topological polar surface area (TPSA) is 46.5 Å². The van der Waals surface area contributed by atoms with E-state index in [0.717, 1.165) is 0 Å². The molecule has 14 heavy (non-hydrogen) atoms. The molecule has 0 spiro atoms. The van der Waals surface area contributed by atoms with Gasteiger partial charge in [0.1, 0.15) is 6.10 Å². The van der Waals surface area contributed by atoms with Crippen molar-refractivity contribution in [3.8, 4) is 0 Å². The molecular weight excluding hydrogens is 180 g/mol. The van der Waals surface area contributed by atoms with Crippen LogP contribution in [0.4, 0.5) is 0 Å². The lowest BCUT2D eigenvalue weighted by molar-refractivity contribution is -0.160. The van der Waals surface area contributed by atoms with Crippen molar-refractivity contribution < 1.29 is 14.6 Å². The molecule has 0 saturated carbocycles. The van der Waals surface area contributed by atoms with E-state index in [-0.39, 0.29) is 30.0 Å². The number of carbonyl (C=O) groups is 1. The first-order chi connectivity index (χ1) is 6.35. The number of hydrogen-bond acceptors (Lipinski definition) is 3. The molecular formula is C11H22O3. The Balaban J connectivity index is 4.52. The minimum Gasteiger partial charge on any atom is -0.461 e. The van der Waals surface area contributed by atoms with Gasteiger partial charge in [0.25, 0.3) is 0 Å². The molecule has 1 atom stereocenters. The second-order valence-corrected chi connectivity index (χ2v) is 4.65. The van der Waals surface area contributed by atoms with Gasteiger partial charge in [0.15, 0.2) is 0 Å². The van der Waals surface area contributed by atoms with E-state index in [1.807, 2.05) is 27.7 Å². The average Bonchev–Trinajstić information content (AvgIpc) is 2.12. The molecule has 0 amide bonds. The van der Waals surface area contributed by atoms with Crippen LogP contribution in [0.5, 0.6) is 0 Å². The van der Waals surface area contributed by atoms with Gasteiger partial charge < -0.3 is 9.84 Å². The SMILES string of the molecule is CCC(=O)OC(C(C)C)C(C)(C)CO. The van der Waals surface area contributed by atoms with Crippen molar-refractivity contribution in [2.24, 2.45) is 11.3 Å². The average molecular weight is 202 g/mol. The molecule has 0 aliphatic carbocycles. The maximum Gasteiger partial charge on any atom is 0.305 e. The Morgan fingerprint density at radius 1 is 1.43 bits per heavy atom. The quantitative estimate of drug-likeness (QED) is 0.693. The summed E-state index contributed by atoms with van der Waals surface area (Å²) >= 11 is 0. The summed E-state index contributed by atoms with van der Waals surface area (Å²) in [6, 6.07) is 0. The van der Waals surface area contributed by atoms with Crippen LogP contribution in [0.2, 0.25) is 0 Å². The first-order valence-corrected chi connectivity index (χ1v) is 5.15. The van der Waals surface area contributed by atoms with Gasteiger partial charge in [-0.2, -0.15) is 0 Å². The summed E-state index contributed by atoms with van der Waals surface area (Å²) in [5, 5.41) is 9.21. The minimum atomic E-state index is -0.376. The molecule has 3 nitrogen and oxygen atoms in total. The molecule has 0 saturated heterocycles. The zero-order chi connectivity index (χ0) is 11.4. The zero-order valence-electron chi connectivity index (χ0n) is 9.83. The summed E-state index contributed by atoms with van der Waals surface area (Å²) in [7, 11) is 0. The van der Waals surface area contributed by atoms with Gasteiger partial charge in [-0.3, -0.25) is 4.79 Å². The molecule has 0 radical (unpaired) electrons. The van der Waals surface area contributed by atoms with E-state index in [9.17, 15) is 9.90 Å². The van der Waals surface area contributed by atoms with E-state index in [1.54, 1.807) is 6.92 Å². The molecule has 1 unspecified atom stereocenters. The van der Waals surface area contributed by atoms with Gasteiger partial charge in [0, 0.05) is 11.8 Å². The van der Waals surface area contributed by atoms with Gasteiger partial charge in [0.2, 0.25) is 0 Å². The molecule has 0 aliphatic rings. The molecule has 1 N–H and O–H groups in total. The minimum absolute atomic E-state index is 0.0207. The normalized spacial score (nSPS) is 14.2. The standard InChI is InChI=1S/C11H22O3/c1-6-9(13)14-10(8(2)3)11(4,5)7-12/h8,10,12H,6-7H2,1-5H3. The van der Waals surface area contributed by atoms with Crippen LogP contribution in [0.15, 0.2) is 0 Å². The van der Waals surface area contributed by atoms with Crippen molar-refractivity contribution in [1.29, 1.82) is 0 Å². The van der Waals surface area contributed by atoms with Crippen LogP contribution in [0.1, 0.15) is 41.0 Å². The highest BCUT2D eigenvalue weighted by atomic mass is 16.5.